The van der Waals surface area contributed by atoms with Crippen LogP contribution in [-0.4, -0.2) is 41.5 Å². The number of aromatic hydroxyl groups is 1. The molecule has 2 aromatic rings. The van der Waals surface area contributed by atoms with Crippen molar-refractivity contribution in [1.82, 2.24) is 0 Å². The number of methoxy groups -OCH3 is 2. The highest BCUT2D eigenvalue weighted by Crippen LogP contribution is 2.41. The third-order valence-corrected chi connectivity index (χ3v) is 5.27. The van der Waals surface area contributed by atoms with Crippen LogP contribution in [-0.2, 0) is 24.1 Å². The first-order chi connectivity index (χ1) is 13.4. The Bertz CT molecular complexity index is 933. The van der Waals surface area contributed by atoms with Crippen LogP contribution in [0.3, 0.4) is 0 Å². The Morgan fingerprint density at radius 1 is 1.11 bits per heavy atom. The third-order valence-electron chi connectivity index (χ3n) is 5.27. The Kier molecular flexibility index (Phi) is 5.44. The molecule has 1 aliphatic carbocycles. The average molecular weight is 386 g/mol. The van der Waals surface area contributed by atoms with Crippen molar-refractivity contribution in [2.24, 2.45) is 5.92 Å². The summed E-state index contributed by atoms with van der Waals surface area (Å²) in [6.45, 7) is 0. The summed E-state index contributed by atoms with van der Waals surface area (Å²) in [5.41, 5.74) is 2.42. The maximum atomic E-state index is 11.6. The summed E-state index contributed by atoms with van der Waals surface area (Å²) in [4.78, 5) is 23.0. The first-order valence-electron chi connectivity index (χ1n) is 8.89. The van der Waals surface area contributed by atoms with E-state index in [-0.39, 0.29) is 24.2 Å². The number of rotatable bonds is 6. The lowest BCUT2D eigenvalue weighted by atomic mass is 9.81. The molecule has 0 fully saturated rings. The van der Waals surface area contributed by atoms with Crippen LogP contribution < -0.4 is 9.47 Å². The summed E-state index contributed by atoms with van der Waals surface area (Å²) >= 11 is 0. The van der Waals surface area contributed by atoms with Gasteiger partial charge in [-0.05, 0) is 37.5 Å². The smallest absolute Gasteiger partial charge is 0.336 e. The average Bonchev–Trinajstić information content (AvgIpc) is 2.69. The largest absolute Gasteiger partial charge is 0.507 e. The monoisotopic (exact) mass is 386 g/mol. The van der Waals surface area contributed by atoms with Gasteiger partial charge in [0.05, 0.1) is 25.7 Å². The van der Waals surface area contributed by atoms with Crippen molar-refractivity contribution < 1.29 is 34.4 Å². The number of hydrogen-bond donors (Lipinski definition) is 3. The van der Waals surface area contributed by atoms with Crippen LogP contribution >= 0.6 is 0 Å². The molecule has 1 unspecified atom stereocenters. The quantitative estimate of drug-likeness (QED) is 0.699. The zero-order valence-electron chi connectivity index (χ0n) is 15.7. The first kappa shape index (κ1) is 19.5. The predicted molar refractivity (Wildman–Crippen MR) is 101 cm³/mol. The van der Waals surface area contributed by atoms with Gasteiger partial charge in [0.15, 0.2) is 0 Å². The number of phenols is 1. The lowest BCUT2D eigenvalue weighted by Gasteiger charge is -2.26. The van der Waals surface area contributed by atoms with E-state index in [9.17, 15) is 24.9 Å². The molecule has 0 aromatic heterocycles. The van der Waals surface area contributed by atoms with E-state index in [1.54, 1.807) is 18.2 Å². The van der Waals surface area contributed by atoms with Gasteiger partial charge in [0.25, 0.3) is 0 Å². The normalized spacial score (nSPS) is 15.6. The highest BCUT2D eigenvalue weighted by atomic mass is 16.5. The number of carboxylic acids is 2. The van der Waals surface area contributed by atoms with Crippen molar-refractivity contribution in [3.8, 4) is 17.2 Å². The number of aliphatic carboxylic acids is 1. The first-order valence-corrected chi connectivity index (χ1v) is 8.89. The van der Waals surface area contributed by atoms with Gasteiger partial charge in [0, 0.05) is 28.7 Å². The second-order valence-corrected chi connectivity index (χ2v) is 6.79. The van der Waals surface area contributed by atoms with Crippen molar-refractivity contribution in [2.75, 3.05) is 14.2 Å². The molecule has 7 heteroatoms. The van der Waals surface area contributed by atoms with E-state index >= 15 is 0 Å². The molecule has 0 spiro atoms. The standard InChI is InChI=1S/C21H22O7/c1-27-17-5-3-4-14(21(25)26)16(17)9-12-10-18(28-2)15-8-11(20(23)24)6-7-13(15)19(12)22/h3-5,10-11,22H,6-9H2,1-2H3,(H,23,24)(H,25,26). The van der Waals surface area contributed by atoms with Gasteiger partial charge in [-0.2, -0.15) is 0 Å². The van der Waals surface area contributed by atoms with Crippen LogP contribution in [0.4, 0.5) is 0 Å². The van der Waals surface area contributed by atoms with Crippen molar-refractivity contribution in [1.29, 1.82) is 0 Å². The highest BCUT2D eigenvalue weighted by Gasteiger charge is 2.30. The van der Waals surface area contributed by atoms with Gasteiger partial charge in [-0.3, -0.25) is 4.79 Å². The number of ether oxygens (including phenoxy) is 2. The van der Waals surface area contributed by atoms with E-state index in [1.807, 2.05) is 0 Å². The summed E-state index contributed by atoms with van der Waals surface area (Å²) < 4.78 is 10.8. The molecule has 0 saturated heterocycles. The van der Waals surface area contributed by atoms with Crippen molar-refractivity contribution in [3.63, 3.8) is 0 Å². The van der Waals surface area contributed by atoms with Crippen LogP contribution in [0.15, 0.2) is 24.3 Å². The molecule has 0 bridgehead atoms. The third kappa shape index (κ3) is 3.47. The second-order valence-electron chi connectivity index (χ2n) is 6.79. The molecule has 148 valence electrons. The molecule has 1 aliphatic rings. The van der Waals surface area contributed by atoms with Crippen LogP contribution in [0.1, 0.15) is 39.0 Å². The molecule has 1 atom stereocenters. The number of benzene rings is 2. The summed E-state index contributed by atoms with van der Waals surface area (Å²) in [5, 5.41) is 29.7. The summed E-state index contributed by atoms with van der Waals surface area (Å²) in [5.74, 6) is -1.48. The molecular formula is C21H22O7. The fourth-order valence-electron chi connectivity index (χ4n) is 3.82. The Balaban J connectivity index is 2.09. The maximum absolute atomic E-state index is 11.6. The van der Waals surface area contributed by atoms with Crippen LogP contribution in [0.25, 0.3) is 0 Å². The van der Waals surface area contributed by atoms with E-state index in [2.05, 4.69) is 0 Å². The molecule has 3 N–H and O–H groups in total. The van der Waals surface area contributed by atoms with Crippen molar-refractivity contribution in [2.45, 2.75) is 25.7 Å². The zero-order chi connectivity index (χ0) is 20.4. The number of fused-ring (bicyclic) bond motifs is 1. The Labute approximate surface area is 162 Å². The lowest BCUT2D eigenvalue weighted by Crippen LogP contribution is -2.23. The van der Waals surface area contributed by atoms with Crippen LogP contribution in [0.2, 0.25) is 0 Å². The molecule has 0 radical (unpaired) electrons. The van der Waals surface area contributed by atoms with E-state index in [0.29, 0.717) is 46.6 Å². The number of carbonyl (C=O) groups is 2. The van der Waals surface area contributed by atoms with E-state index in [0.717, 1.165) is 0 Å². The van der Waals surface area contributed by atoms with Crippen molar-refractivity contribution >= 4 is 11.9 Å². The molecule has 0 amide bonds. The van der Waals surface area contributed by atoms with Gasteiger partial charge in [-0.1, -0.05) is 6.07 Å². The van der Waals surface area contributed by atoms with Crippen LogP contribution in [0.5, 0.6) is 17.2 Å². The minimum absolute atomic E-state index is 0.0573. The minimum Gasteiger partial charge on any atom is -0.507 e. The van der Waals surface area contributed by atoms with Gasteiger partial charge in [-0.25, -0.2) is 4.79 Å². The van der Waals surface area contributed by atoms with Gasteiger partial charge >= 0.3 is 11.9 Å². The number of phenolic OH excluding ortho intramolecular Hbond substituents is 1. The van der Waals surface area contributed by atoms with E-state index in [1.165, 1.54) is 20.3 Å². The molecule has 2 aromatic carbocycles. The van der Waals surface area contributed by atoms with Gasteiger partial charge in [0.1, 0.15) is 17.2 Å². The highest BCUT2D eigenvalue weighted by molar-refractivity contribution is 5.90. The topological polar surface area (TPSA) is 113 Å². The predicted octanol–water partition coefficient (Wildman–Crippen LogP) is 2.89. The fourth-order valence-corrected chi connectivity index (χ4v) is 3.82. The molecule has 3 rings (SSSR count). The number of carboxylic acid groups (broad SMARTS) is 2. The molecule has 0 aliphatic heterocycles. The van der Waals surface area contributed by atoms with Crippen LogP contribution in [0, 0.1) is 5.92 Å². The molecule has 0 heterocycles. The summed E-state index contributed by atoms with van der Waals surface area (Å²) in [7, 11) is 2.95. The van der Waals surface area contributed by atoms with Crippen molar-refractivity contribution in [3.05, 3.63) is 52.1 Å². The number of hydrogen-bond acceptors (Lipinski definition) is 5. The van der Waals surface area contributed by atoms with Gasteiger partial charge in [0.2, 0.25) is 0 Å². The molecule has 0 saturated carbocycles. The van der Waals surface area contributed by atoms with E-state index < -0.39 is 17.9 Å². The maximum Gasteiger partial charge on any atom is 0.336 e. The van der Waals surface area contributed by atoms with Gasteiger partial charge in [-0.15, -0.1) is 0 Å². The van der Waals surface area contributed by atoms with E-state index in [4.69, 9.17) is 9.47 Å². The van der Waals surface area contributed by atoms with Gasteiger partial charge < -0.3 is 24.8 Å². The Hall–Kier alpha value is -3.22. The fraction of sp³-hybridized carbons (Fsp3) is 0.333. The Morgan fingerprint density at radius 2 is 1.82 bits per heavy atom. The molecule has 7 nitrogen and oxygen atoms in total. The lowest BCUT2D eigenvalue weighted by molar-refractivity contribution is -0.142. The second kappa shape index (κ2) is 7.80. The SMILES string of the molecule is COc1cccc(C(=O)O)c1Cc1cc(OC)c2c(c1O)CCC(C(=O)O)C2. The summed E-state index contributed by atoms with van der Waals surface area (Å²) in [6.07, 6.45) is 1.28. The molecule has 28 heavy (non-hydrogen) atoms. The number of aromatic carboxylic acids is 1. The minimum atomic E-state index is -1.08. The zero-order valence-corrected chi connectivity index (χ0v) is 15.7. The molecular weight excluding hydrogens is 364 g/mol. The summed E-state index contributed by atoms with van der Waals surface area (Å²) in [6, 6.07) is 6.41. The Morgan fingerprint density at radius 3 is 2.43 bits per heavy atom.